The molecule has 0 saturated heterocycles. The summed E-state index contributed by atoms with van der Waals surface area (Å²) >= 11 is 0. The average Bonchev–Trinajstić information content (AvgIpc) is 2.95. The lowest BCUT2D eigenvalue weighted by atomic mass is 10.1. The molecule has 1 aromatic carbocycles. The standard InChI is InChI=1S/C17H20N2O2/c1-12(19-15-4-3-9-18-13(15)2)5-6-14-7-8-16-17(10-14)21-11-20-16/h3-4,7-10,12,19H,5-6,11H2,1-2H3. The van der Waals surface area contributed by atoms with Gasteiger partial charge in [-0.1, -0.05) is 6.07 Å². The largest absolute Gasteiger partial charge is 0.454 e. The van der Waals surface area contributed by atoms with E-state index in [2.05, 4.69) is 35.4 Å². The summed E-state index contributed by atoms with van der Waals surface area (Å²) < 4.78 is 10.7. The normalized spacial score (nSPS) is 14.0. The molecule has 2 heterocycles. The number of benzene rings is 1. The highest BCUT2D eigenvalue weighted by atomic mass is 16.7. The molecule has 3 rings (SSSR count). The van der Waals surface area contributed by atoms with Crippen LogP contribution in [0.5, 0.6) is 11.5 Å². The topological polar surface area (TPSA) is 43.4 Å². The maximum absolute atomic E-state index is 5.41. The molecule has 0 saturated carbocycles. The van der Waals surface area contributed by atoms with Crippen molar-refractivity contribution in [3.63, 3.8) is 0 Å². The van der Waals surface area contributed by atoms with E-state index in [1.165, 1.54) is 5.56 Å². The smallest absolute Gasteiger partial charge is 0.231 e. The highest BCUT2D eigenvalue weighted by Crippen LogP contribution is 2.32. The van der Waals surface area contributed by atoms with Crippen LogP contribution in [0.25, 0.3) is 0 Å². The molecule has 110 valence electrons. The van der Waals surface area contributed by atoms with Crippen molar-refractivity contribution in [1.29, 1.82) is 0 Å². The molecule has 0 aliphatic carbocycles. The van der Waals surface area contributed by atoms with Crippen LogP contribution in [0, 0.1) is 6.92 Å². The molecule has 1 aliphatic rings. The molecule has 1 unspecified atom stereocenters. The highest BCUT2D eigenvalue weighted by Gasteiger charge is 2.13. The molecule has 0 spiro atoms. The molecule has 1 atom stereocenters. The number of hydrogen-bond donors (Lipinski definition) is 1. The van der Waals surface area contributed by atoms with Crippen LogP contribution in [-0.2, 0) is 6.42 Å². The molecule has 2 aromatic rings. The molecule has 0 fully saturated rings. The maximum Gasteiger partial charge on any atom is 0.231 e. The second-order valence-corrected chi connectivity index (χ2v) is 5.41. The van der Waals surface area contributed by atoms with E-state index < -0.39 is 0 Å². The van der Waals surface area contributed by atoms with Crippen molar-refractivity contribution in [1.82, 2.24) is 4.98 Å². The van der Waals surface area contributed by atoms with Gasteiger partial charge in [0.2, 0.25) is 6.79 Å². The zero-order chi connectivity index (χ0) is 14.7. The van der Waals surface area contributed by atoms with E-state index in [4.69, 9.17) is 9.47 Å². The number of fused-ring (bicyclic) bond motifs is 1. The average molecular weight is 284 g/mol. The van der Waals surface area contributed by atoms with Crippen molar-refractivity contribution in [3.05, 3.63) is 47.8 Å². The molecule has 0 radical (unpaired) electrons. The Bertz CT molecular complexity index is 628. The lowest BCUT2D eigenvalue weighted by molar-refractivity contribution is 0.174. The molecule has 4 heteroatoms. The number of rotatable bonds is 5. The summed E-state index contributed by atoms with van der Waals surface area (Å²) in [6.07, 6.45) is 3.87. The number of pyridine rings is 1. The molecular weight excluding hydrogens is 264 g/mol. The number of anilines is 1. The molecule has 1 aliphatic heterocycles. The van der Waals surface area contributed by atoms with Gasteiger partial charge in [-0.2, -0.15) is 0 Å². The fourth-order valence-corrected chi connectivity index (χ4v) is 2.45. The maximum atomic E-state index is 5.41. The van der Waals surface area contributed by atoms with Gasteiger partial charge in [0.15, 0.2) is 11.5 Å². The first-order valence-corrected chi connectivity index (χ1v) is 7.29. The van der Waals surface area contributed by atoms with Crippen LogP contribution < -0.4 is 14.8 Å². The second kappa shape index (κ2) is 6.04. The van der Waals surface area contributed by atoms with E-state index in [1.54, 1.807) is 0 Å². The first-order valence-electron chi connectivity index (χ1n) is 7.29. The lowest BCUT2D eigenvalue weighted by Gasteiger charge is -2.16. The minimum absolute atomic E-state index is 0.330. The fourth-order valence-electron chi connectivity index (χ4n) is 2.45. The quantitative estimate of drug-likeness (QED) is 0.912. The molecule has 4 nitrogen and oxygen atoms in total. The molecule has 21 heavy (non-hydrogen) atoms. The SMILES string of the molecule is Cc1ncccc1NC(C)CCc1ccc2c(c1)OCO2. The summed E-state index contributed by atoms with van der Waals surface area (Å²) in [4.78, 5) is 4.30. The zero-order valence-electron chi connectivity index (χ0n) is 12.4. The van der Waals surface area contributed by atoms with E-state index in [0.717, 1.165) is 35.7 Å². The van der Waals surface area contributed by atoms with E-state index in [1.807, 2.05) is 25.3 Å². The molecule has 1 aromatic heterocycles. The Morgan fingerprint density at radius 3 is 2.95 bits per heavy atom. The minimum atomic E-state index is 0.330. The number of nitrogens with zero attached hydrogens (tertiary/aromatic N) is 1. The van der Waals surface area contributed by atoms with Crippen LogP contribution in [-0.4, -0.2) is 17.8 Å². The summed E-state index contributed by atoms with van der Waals surface area (Å²) in [6.45, 7) is 4.54. The van der Waals surface area contributed by atoms with Crippen LogP contribution in [0.4, 0.5) is 5.69 Å². The van der Waals surface area contributed by atoms with Gasteiger partial charge in [0.1, 0.15) is 0 Å². The summed E-state index contributed by atoms with van der Waals surface area (Å²) in [5.41, 5.74) is 3.42. The number of aromatic nitrogens is 1. The van der Waals surface area contributed by atoms with Crippen LogP contribution in [0.3, 0.4) is 0 Å². The van der Waals surface area contributed by atoms with Crippen molar-refractivity contribution >= 4 is 5.69 Å². The monoisotopic (exact) mass is 284 g/mol. The Kier molecular flexibility index (Phi) is 3.95. The van der Waals surface area contributed by atoms with Gasteiger partial charge in [-0.05, 0) is 56.5 Å². The van der Waals surface area contributed by atoms with Gasteiger partial charge < -0.3 is 14.8 Å². The van der Waals surface area contributed by atoms with Gasteiger partial charge in [0.25, 0.3) is 0 Å². The number of nitrogens with one attached hydrogen (secondary N) is 1. The first-order chi connectivity index (χ1) is 10.2. The third-order valence-corrected chi connectivity index (χ3v) is 3.71. The van der Waals surface area contributed by atoms with Crippen molar-refractivity contribution < 1.29 is 9.47 Å². The number of ether oxygens (including phenoxy) is 2. The van der Waals surface area contributed by atoms with Gasteiger partial charge in [0, 0.05) is 12.2 Å². The Morgan fingerprint density at radius 2 is 2.10 bits per heavy atom. The number of aryl methyl sites for hydroxylation is 2. The Balaban J connectivity index is 1.56. The molecule has 0 amide bonds. The summed E-state index contributed by atoms with van der Waals surface area (Å²) in [7, 11) is 0. The van der Waals surface area contributed by atoms with Gasteiger partial charge >= 0.3 is 0 Å². The number of hydrogen-bond acceptors (Lipinski definition) is 4. The van der Waals surface area contributed by atoms with Gasteiger partial charge in [-0.15, -0.1) is 0 Å². The Labute approximate surface area is 125 Å². The first kappa shape index (κ1) is 13.7. The third-order valence-electron chi connectivity index (χ3n) is 3.71. The third kappa shape index (κ3) is 3.27. The van der Waals surface area contributed by atoms with Gasteiger partial charge in [0.05, 0.1) is 11.4 Å². The highest BCUT2D eigenvalue weighted by molar-refractivity contribution is 5.47. The summed E-state index contributed by atoms with van der Waals surface area (Å²) in [6, 6.07) is 10.6. The Morgan fingerprint density at radius 1 is 1.24 bits per heavy atom. The predicted octanol–water partition coefficient (Wildman–Crippen LogP) is 3.55. The van der Waals surface area contributed by atoms with E-state index in [-0.39, 0.29) is 0 Å². The summed E-state index contributed by atoms with van der Waals surface area (Å²) in [5.74, 6) is 1.70. The predicted molar refractivity (Wildman–Crippen MR) is 82.9 cm³/mol. The van der Waals surface area contributed by atoms with E-state index in [0.29, 0.717) is 12.8 Å². The molecule has 1 N–H and O–H groups in total. The van der Waals surface area contributed by atoms with E-state index >= 15 is 0 Å². The fraction of sp³-hybridized carbons (Fsp3) is 0.353. The molecule has 0 bridgehead atoms. The van der Waals surface area contributed by atoms with Gasteiger partial charge in [-0.3, -0.25) is 4.98 Å². The van der Waals surface area contributed by atoms with Crippen molar-refractivity contribution in [2.45, 2.75) is 32.7 Å². The van der Waals surface area contributed by atoms with Gasteiger partial charge in [-0.25, -0.2) is 0 Å². The van der Waals surface area contributed by atoms with Crippen molar-refractivity contribution in [2.75, 3.05) is 12.1 Å². The van der Waals surface area contributed by atoms with Crippen molar-refractivity contribution in [2.24, 2.45) is 0 Å². The van der Waals surface area contributed by atoms with Crippen molar-refractivity contribution in [3.8, 4) is 11.5 Å². The van der Waals surface area contributed by atoms with Crippen LogP contribution in [0.15, 0.2) is 36.5 Å². The molecular formula is C17H20N2O2. The lowest BCUT2D eigenvalue weighted by Crippen LogP contribution is -2.16. The summed E-state index contributed by atoms with van der Waals surface area (Å²) in [5, 5.41) is 3.51. The minimum Gasteiger partial charge on any atom is -0.454 e. The van der Waals surface area contributed by atoms with Crippen LogP contribution >= 0.6 is 0 Å². The second-order valence-electron chi connectivity index (χ2n) is 5.41. The van der Waals surface area contributed by atoms with E-state index in [9.17, 15) is 0 Å². The zero-order valence-corrected chi connectivity index (χ0v) is 12.4. The van der Waals surface area contributed by atoms with Crippen LogP contribution in [0.2, 0.25) is 0 Å². The Hall–Kier alpha value is -2.23. The van der Waals surface area contributed by atoms with Crippen LogP contribution in [0.1, 0.15) is 24.6 Å².